The maximum Gasteiger partial charge on any atom is 0.237 e. The molecule has 0 spiro atoms. The van der Waals surface area contributed by atoms with E-state index in [2.05, 4.69) is 0 Å². The van der Waals surface area contributed by atoms with E-state index in [0.29, 0.717) is 23.5 Å². The Morgan fingerprint density at radius 1 is 1.04 bits per heavy atom. The van der Waals surface area contributed by atoms with E-state index in [1.807, 2.05) is 48.5 Å². The fourth-order valence-corrected chi connectivity index (χ4v) is 2.72. The van der Waals surface area contributed by atoms with Crippen LogP contribution in [-0.4, -0.2) is 18.9 Å². The summed E-state index contributed by atoms with van der Waals surface area (Å²) in [6, 6.07) is 18.7. The molecule has 0 aliphatic carbocycles. The van der Waals surface area contributed by atoms with Crippen molar-refractivity contribution in [1.29, 1.82) is 0 Å². The number of hydrogen-bond donors (Lipinski definition) is 2. The highest BCUT2D eigenvalue weighted by Crippen LogP contribution is 2.33. The average molecular weight is 349 g/mol. The highest BCUT2D eigenvalue weighted by atomic mass is 16.5. The first-order chi connectivity index (χ1) is 12.6. The molecule has 2 amide bonds. The Bertz CT molecular complexity index is 956. The maximum atomic E-state index is 11.5. The van der Waals surface area contributed by atoms with Gasteiger partial charge >= 0.3 is 0 Å². The first-order valence-electron chi connectivity index (χ1n) is 8.07. The number of carbonyl (C=O) groups is 2. The summed E-state index contributed by atoms with van der Waals surface area (Å²) < 4.78 is 5.94. The molecule has 26 heavy (non-hydrogen) atoms. The fraction of sp³-hybridized carbons (Fsp3) is 0.100. The number of para-hydroxylation sites is 1. The van der Waals surface area contributed by atoms with Crippen LogP contribution < -0.4 is 21.1 Å². The number of ether oxygens (including phenoxy) is 1. The Labute approximate surface area is 151 Å². The predicted octanol–water partition coefficient (Wildman–Crippen LogP) is 2.45. The zero-order valence-corrected chi connectivity index (χ0v) is 14.1. The Morgan fingerprint density at radius 3 is 2.35 bits per heavy atom. The van der Waals surface area contributed by atoms with Crippen LogP contribution in [0, 0.1) is 0 Å². The van der Waals surface area contributed by atoms with Gasteiger partial charge in [0.1, 0.15) is 18.9 Å². The van der Waals surface area contributed by atoms with Crippen molar-refractivity contribution >= 4 is 34.5 Å². The van der Waals surface area contributed by atoms with E-state index in [9.17, 15) is 9.59 Å². The summed E-state index contributed by atoms with van der Waals surface area (Å²) >= 11 is 0. The van der Waals surface area contributed by atoms with Gasteiger partial charge < -0.3 is 21.1 Å². The van der Waals surface area contributed by atoms with Crippen LogP contribution in [0.4, 0.5) is 11.4 Å². The van der Waals surface area contributed by atoms with Gasteiger partial charge in [0.2, 0.25) is 12.3 Å². The number of anilines is 2. The first kappa shape index (κ1) is 17.3. The molecule has 0 heterocycles. The molecule has 6 nitrogen and oxygen atoms in total. The molecule has 0 aliphatic rings. The van der Waals surface area contributed by atoms with Crippen LogP contribution in [0.25, 0.3) is 10.8 Å². The number of amides is 2. The number of nitrogens with zero attached hydrogens (tertiary/aromatic N) is 1. The molecule has 0 bridgehead atoms. The molecular formula is C20H19N3O3. The van der Waals surface area contributed by atoms with E-state index in [-0.39, 0.29) is 13.2 Å². The SMILES string of the molecule is NC(=O)CN(C=O)c1cc2ccccc2cc1OCc1ccccc1N. The third-order valence-corrected chi connectivity index (χ3v) is 4.03. The topological polar surface area (TPSA) is 98.7 Å². The van der Waals surface area contributed by atoms with Crippen molar-refractivity contribution in [3.63, 3.8) is 0 Å². The fourth-order valence-electron chi connectivity index (χ4n) is 2.72. The van der Waals surface area contributed by atoms with Crippen molar-refractivity contribution in [2.45, 2.75) is 6.61 Å². The van der Waals surface area contributed by atoms with E-state index >= 15 is 0 Å². The van der Waals surface area contributed by atoms with E-state index in [1.165, 1.54) is 4.90 Å². The van der Waals surface area contributed by atoms with E-state index in [4.69, 9.17) is 16.2 Å². The molecular weight excluding hydrogens is 330 g/mol. The number of nitrogen functional groups attached to an aromatic ring is 1. The third-order valence-electron chi connectivity index (χ3n) is 4.03. The normalized spacial score (nSPS) is 10.5. The molecule has 3 rings (SSSR count). The second-order valence-corrected chi connectivity index (χ2v) is 5.85. The minimum atomic E-state index is -0.608. The molecule has 0 atom stereocenters. The van der Waals surface area contributed by atoms with Crippen molar-refractivity contribution in [2.24, 2.45) is 5.73 Å². The second-order valence-electron chi connectivity index (χ2n) is 5.85. The Hall–Kier alpha value is -3.54. The molecule has 6 heteroatoms. The molecule has 0 aromatic heterocycles. The lowest BCUT2D eigenvalue weighted by Gasteiger charge is -2.21. The van der Waals surface area contributed by atoms with E-state index in [0.717, 1.165) is 16.3 Å². The van der Waals surface area contributed by atoms with Crippen molar-refractivity contribution in [1.82, 2.24) is 0 Å². The summed E-state index contributed by atoms with van der Waals surface area (Å²) in [5, 5.41) is 1.88. The first-order valence-corrected chi connectivity index (χ1v) is 8.07. The van der Waals surface area contributed by atoms with Crippen LogP contribution in [0.1, 0.15) is 5.56 Å². The molecule has 0 unspecified atom stereocenters. The van der Waals surface area contributed by atoms with Gasteiger partial charge in [-0.2, -0.15) is 0 Å². The monoisotopic (exact) mass is 349 g/mol. The lowest BCUT2D eigenvalue weighted by atomic mass is 10.1. The minimum Gasteiger partial charge on any atom is -0.487 e. The third kappa shape index (κ3) is 3.75. The molecule has 4 N–H and O–H groups in total. The molecule has 132 valence electrons. The maximum absolute atomic E-state index is 11.5. The molecule has 0 aliphatic heterocycles. The van der Waals surface area contributed by atoms with Crippen LogP contribution in [0.2, 0.25) is 0 Å². The summed E-state index contributed by atoms with van der Waals surface area (Å²) in [5.74, 6) is -0.135. The lowest BCUT2D eigenvalue weighted by Crippen LogP contribution is -2.33. The van der Waals surface area contributed by atoms with Crippen molar-refractivity contribution < 1.29 is 14.3 Å². The minimum absolute atomic E-state index is 0.230. The van der Waals surface area contributed by atoms with Crippen LogP contribution in [0.5, 0.6) is 5.75 Å². The predicted molar refractivity (Wildman–Crippen MR) is 102 cm³/mol. The molecule has 3 aromatic carbocycles. The van der Waals surface area contributed by atoms with Gasteiger partial charge in [0.15, 0.2) is 0 Å². The summed E-state index contributed by atoms with van der Waals surface area (Å²) in [5.41, 5.74) is 13.1. The standard InChI is InChI=1S/C20H19N3O3/c21-17-8-4-3-7-16(17)12-26-19-10-15-6-2-1-5-14(15)9-18(19)23(13-24)11-20(22)25/h1-10,13H,11-12,21H2,(H2,22,25). The van der Waals surface area contributed by atoms with Gasteiger partial charge in [0.05, 0.1) is 5.69 Å². The molecule has 0 saturated carbocycles. The Morgan fingerprint density at radius 2 is 1.69 bits per heavy atom. The summed E-state index contributed by atoms with van der Waals surface area (Å²) in [6.45, 7) is 0.00690. The number of primary amides is 1. The van der Waals surface area contributed by atoms with Crippen molar-refractivity contribution in [2.75, 3.05) is 17.2 Å². The number of rotatable bonds is 7. The number of fused-ring (bicyclic) bond motifs is 1. The van der Waals surface area contributed by atoms with Gasteiger partial charge in [-0.3, -0.25) is 9.59 Å². The van der Waals surface area contributed by atoms with Crippen LogP contribution in [-0.2, 0) is 16.2 Å². The average Bonchev–Trinajstić information content (AvgIpc) is 2.64. The second kappa shape index (κ2) is 7.57. The Kier molecular flexibility index (Phi) is 5.03. The van der Waals surface area contributed by atoms with Gasteiger partial charge in [0, 0.05) is 11.3 Å². The van der Waals surface area contributed by atoms with E-state index in [1.54, 1.807) is 12.1 Å². The summed E-state index contributed by atoms with van der Waals surface area (Å²) in [7, 11) is 0. The highest BCUT2D eigenvalue weighted by Gasteiger charge is 2.16. The van der Waals surface area contributed by atoms with Crippen LogP contribution in [0.15, 0.2) is 60.7 Å². The highest BCUT2D eigenvalue weighted by molar-refractivity contribution is 5.95. The van der Waals surface area contributed by atoms with Gasteiger partial charge in [0.25, 0.3) is 0 Å². The number of benzene rings is 3. The molecule has 3 aromatic rings. The number of hydrogen-bond acceptors (Lipinski definition) is 4. The summed E-state index contributed by atoms with van der Waals surface area (Å²) in [4.78, 5) is 24.0. The largest absolute Gasteiger partial charge is 0.487 e. The van der Waals surface area contributed by atoms with Crippen LogP contribution >= 0.6 is 0 Å². The summed E-state index contributed by atoms with van der Waals surface area (Å²) in [6.07, 6.45) is 0.568. The van der Waals surface area contributed by atoms with Gasteiger partial charge in [-0.1, -0.05) is 42.5 Å². The van der Waals surface area contributed by atoms with Gasteiger partial charge in [-0.25, -0.2) is 0 Å². The van der Waals surface area contributed by atoms with E-state index < -0.39 is 5.91 Å². The number of nitrogens with two attached hydrogens (primary N) is 2. The number of carbonyl (C=O) groups excluding carboxylic acids is 2. The van der Waals surface area contributed by atoms with Crippen molar-refractivity contribution in [3.8, 4) is 5.75 Å². The molecule has 0 saturated heterocycles. The van der Waals surface area contributed by atoms with Gasteiger partial charge in [-0.15, -0.1) is 0 Å². The zero-order valence-electron chi connectivity index (χ0n) is 14.1. The lowest BCUT2D eigenvalue weighted by molar-refractivity contribution is -0.118. The Balaban J connectivity index is 2.00. The zero-order chi connectivity index (χ0) is 18.5. The smallest absolute Gasteiger partial charge is 0.237 e. The van der Waals surface area contributed by atoms with Gasteiger partial charge in [-0.05, 0) is 29.0 Å². The molecule has 0 fully saturated rings. The van der Waals surface area contributed by atoms with Crippen molar-refractivity contribution in [3.05, 3.63) is 66.2 Å². The quantitative estimate of drug-likeness (QED) is 0.505. The molecule has 0 radical (unpaired) electrons. The van der Waals surface area contributed by atoms with Crippen LogP contribution in [0.3, 0.4) is 0 Å².